The van der Waals surface area contributed by atoms with Gasteiger partial charge in [-0.2, -0.15) is 10.4 Å². The Kier molecular flexibility index (Phi) is 5.00. The van der Waals surface area contributed by atoms with Crippen molar-refractivity contribution in [2.24, 2.45) is 0 Å². The van der Waals surface area contributed by atoms with Crippen LogP contribution in [0.1, 0.15) is 32.6 Å². The molecule has 0 atom stereocenters. The van der Waals surface area contributed by atoms with E-state index in [1.165, 1.54) is 6.20 Å². The van der Waals surface area contributed by atoms with E-state index < -0.39 is 0 Å². The Bertz CT molecular complexity index is 1470. The van der Waals surface area contributed by atoms with Crippen molar-refractivity contribution >= 4 is 17.7 Å². The van der Waals surface area contributed by atoms with Crippen LogP contribution >= 0.6 is 0 Å². The molecule has 0 saturated carbocycles. The average Bonchev–Trinajstić information content (AvgIpc) is 3.43. The molecule has 160 valence electrons. The molecule has 0 aliphatic heterocycles. The number of carbonyl (C=O) groups excluding carboxylic acids is 1. The minimum atomic E-state index is -0.110. The number of carbonyl (C=O) groups is 1. The lowest BCUT2D eigenvalue weighted by Crippen LogP contribution is -2.09. The molecule has 6 heteroatoms. The standard InChI is InChI=1S/C27H20N4O2/c1-17-12-22(33-25-9-5-4-8-20(25)15-28)10-11-24(17)31-27(29)23(16-30-31)26(32)21-13-18-6-2-3-7-19(18)14-21/h2-13,16H,14,29H2,1H3. The Labute approximate surface area is 191 Å². The maximum atomic E-state index is 13.1. The molecule has 1 aliphatic carbocycles. The third-order valence-electron chi connectivity index (χ3n) is 5.74. The average molecular weight is 432 g/mol. The summed E-state index contributed by atoms with van der Waals surface area (Å²) in [4.78, 5) is 13.1. The number of hydrogen-bond donors (Lipinski definition) is 1. The molecule has 0 saturated heterocycles. The number of fused-ring (bicyclic) bond motifs is 1. The number of para-hydroxylation sites is 1. The summed E-state index contributed by atoms with van der Waals surface area (Å²) in [5.41, 5.74) is 11.7. The van der Waals surface area contributed by atoms with Crippen LogP contribution in [0.15, 0.2) is 78.5 Å². The van der Waals surface area contributed by atoms with Crippen LogP contribution in [0, 0.1) is 18.3 Å². The molecule has 0 bridgehead atoms. The van der Waals surface area contributed by atoms with Gasteiger partial charge in [0.05, 0.1) is 23.0 Å². The van der Waals surface area contributed by atoms with Crippen molar-refractivity contribution in [2.45, 2.75) is 13.3 Å². The first-order valence-corrected chi connectivity index (χ1v) is 10.5. The molecule has 1 aromatic heterocycles. The van der Waals surface area contributed by atoms with Crippen molar-refractivity contribution in [2.75, 3.05) is 5.73 Å². The summed E-state index contributed by atoms with van der Waals surface area (Å²) in [5.74, 6) is 1.27. The first-order valence-electron chi connectivity index (χ1n) is 10.5. The van der Waals surface area contributed by atoms with Gasteiger partial charge in [0, 0.05) is 12.0 Å². The van der Waals surface area contributed by atoms with Crippen molar-refractivity contribution in [1.29, 1.82) is 5.26 Å². The number of rotatable bonds is 5. The number of allylic oxidation sites excluding steroid dienone is 1. The lowest BCUT2D eigenvalue weighted by molar-refractivity contribution is 0.103. The largest absolute Gasteiger partial charge is 0.456 e. The Morgan fingerprint density at radius 3 is 2.70 bits per heavy atom. The van der Waals surface area contributed by atoms with Gasteiger partial charge in [0.1, 0.15) is 23.4 Å². The number of hydrogen-bond acceptors (Lipinski definition) is 5. The molecule has 1 aliphatic rings. The smallest absolute Gasteiger partial charge is 0.194 e. The highest BCUT2D eigenvalue weighted by Crippen LogP contribution is 2.31. The fourth-order valence-electron chi connectivity index (χ4n) is 4.03. The number of nitrogens with zero attached hydrogens (tertiary/aromatic N) is 3. The van der Waals surface area contributed by atoms with E-state index in [-0.39, 0.29) is 5.78 Å². The van der Waals surface area contributed by atoms with Crippen LogP contribution in [0.4, 0.5) is 5.82 Å². The number of aromatic nitrogens is 2. The summed E-state index contributed by atoms with van der Waals surface area (Å²) in [5, 5.41) is 13.7. The third-order valence-corrected chi connectivity index (χ3v) is 5.74. The van der Waals surface area contributed by atoms with Crippen molar-refractivity contribution in [3.8, 4) is 23.3 Å². The van der Waals surface area contributed by atoms with E-state index in [9.17, 15) is 10.1 Å². The molecule has 0 radical (unpaired) electrons. The first-order chi connectivity index (χ1) is 16.0. The van der Waals surface area contributed by atoms with E-state index in [1.54, 1.807) is 28.9 Å². The molecule has 1 heterocycles. The second kappa shape index (κ2) is 8.13. The van der Waals surface area contributed by atoms with Gasteiger partial charge in [0.25, 0.3) is 0 Å². The number of anilines is 1. The molecule has 2 N–H and O–H groups in total. The normalized spacial score (nSPS) is 12.1. The van der Waals surface area contributed by atoms with Gasteiger partial charge < -0.3 is 10.5 Å². The predicted molar refractivity (Wildman–Crippen MR) is 126 cm³/mol. The Morgan fingerprint density at radius 2 is 1.91 bits per heavy atom. The number of nitrogen functional groups attached to an aromatic ring is 1. The lowest BCUT2D eigenvalue weighted by Gasteiger charge is -2.12. The van der Waals surface area contributed by atoms with E-state index in [0.29, 0.717) is 40.4 Å². The maximum absolute atomic E-state index is 13.1. The number of benzene rings is 3. The van der Waals surface area contributed by atoms with E-state index >= 15 is 0 Å². The molecule has 6 nitrogen and oxygen atoms in total. The Hall–Kier alpha value is -4.63. The van der Waals surface area contributed by atoms with Gasteiger partial charge >= 0.3 is 0 Å². The van der Waals surface area contributed by atoms with Crippen LogP contribution in [0.2, 0.25) is 0 Å². The second-order valence-electron chi connectivity index (χ2n) is 7.89. The third kappa shape index (κ3) is 3.66. The Morgan fingerprint density at radius 1 is 1.12 bits per heavy atom. The van der Waals surface area contributed by atoms with Crippen LogP contribution < -0.4 is 10.5 Å². The number of aryl methyl sites for hydroxylation is 1. The zero-order chi connectivity index (χ0) is 22.9. The van der Waals surface area contributed by atoms with Gasteiger partial charge in [-0.05, 0) is 60.0 Å². The quantitative estimate of drug-likeness (QED) is 0.435. The van der Waals surface area contributed by atoms with Gasteiger partial charge in [0.15, 0.2) is 5.78 Å². The predicted octanol–water partition coefficient (Wildman–Crippen LogP) is 5.25. The van der Waals surface area contributed by atoms with Crippen LogP contribution in [0.5, 0.6) is 11.5 Å². The van der Waals surface area contributed by atoms with Crippen LogP contribution in [-0.2, 0) is 6.42 Å². The van der Waals surface area contributed by atoms with Crippen molar-refractivity contribution < 1.29 is 9.53 Å². The molecule has 3 aromatic carbocycles. The highest BCUT2D eigenvalue weighted by molar-refractivity contribution is 6.15. The number of nitrogens with two attached hydrogens (primary N) is 1. The number of ketones is 1. The molecular weight excluding hydrogens is 412 g/mol. The zero-order valence-corrected chi connectivity index (χ0v) is 17.9. The molecule has 0 spiro atoms. The number of ether oxygens (including phenoxy) is 1. The molecule has 5 rings (SSSR count). The molecule has 33 heavy (non-hydrogen) atoms. The van der Waals surface area contributed by atoms with Gasteiger partial charge in [-0.15, -0.1) is 0 Å². The topological polar surface area (TPSA) is 93.9 Å². The minimum Gasteiger partial charge on any atom is -0.456 e. The van der Waals surface area contributed by atoms with Gasteiger partial charge in [-0.1, -0.05) is 36.4 Å². The van der Waals surface area contributed by atoms with E-state index in [4.69, 9.17) is 10.5 Å². The summed E-state index contributed by atoms with van der Waals surface area (Å²) < 4.78 is 7.47. The van der Waals surface area contributed by atoms with Crippen molar-refractivity contribution in [3.05, 3.63) is 106 Å². The van der Waals surface area contributed by atoms with Crippen LogP contribution in [0.3, 0.4) is 0 Å². The molecular formula is C27H20N4O2. The highest BCUT2D eigenvalue weighted by atomic mass is 16.5. The summed E-state index contributed by atoms with van der Waals surface area (Å²) >= 11 is 0. The van der Waals surface area contributed by atoms with E-state index in [2.05, 4.69) is 11.2 Å². The fraction of sp³-hybridized carbons (Fsp3) is 0.0741. The number of Topliss-reactive ketones (excluding diaryl/α,β-unsaturated/α-hetero) is 1. The summed E-state index contributed by atoms with van der Waals surface area (Å²) in [6, 6.07) is 22.6. The van der Waals surface area contributed by atoms with Gasteiger partial charge in [-0.3, -0.25) is 4.79 Å². The van der Waals surface area contributed by atoms with Gasteiger partial charge in [-0.25, -0.2) is 4.68 Å². The molecule has 4 aromatic rings. The second-order valence-corrected chi connectivity index (χ2v) is 7.89. The zero-order valence-electron chi connectivity index (χ0n) is 17.9. The minimum absolute atomic E-state index is 0.110. The summed E-state index contributed by atoms with van der Waals surface area (Å²) in [7, 11) is 0. The monoisotopic (exact) mass is 432 g/mol. The molecule has 0 unspecified atom stereocenters. The van der Waals surface area contributed by atoms with Gasteiger partial charge in [0.2, 0.25) is 0 Å². The fourth-order valence-corrected chi connectivity index (χ4v) is 4.03. The van der Waals surface area contributed by atoms with E-state index in [1.807, 2.05) is 55.5 Å². The Balaban J connectivity index is 1.41. The SMILES string of the molecule is Cc1cc(Oc2ccccc2C#N)ccc1-n1ncc(C(=O)C2=Cc3ccccc3C2)c1N. The summed E-state index contributed by atoms with van der Waals surface area (Å²) in [6.07, 6.45) is 4.04. The highest BCUT2D eigenvalue weighted by Gasteiger charge is 2.24. The molecule has 0 amide bonds. The number of nitriles is 1. The van der Waals surface area contributed by atoms with Crippen molar-refractivity contribution in [3.63, 3.8) is 0 Å². The maximum Gasteiger partial charge on any atom is 0.194 e. The van der Waals surface area contributed by atoms with Crippen LogP contribution in [-0.4, -0.2) is 15.6 Å². The lowest BCUT2D eigenvalue weighted by atomic mass is 10.0. The van der Waals surface area contributed by atoms with E-state index in [0.717, 1.165) is 22.4 Å². The first kappa shape index (κ1) is 20.3. The van der Waals surface area contributed by atoms with Crippen molar-refractivity contribution in [1.82, 2.24) is 9.78 Å². The summed E-state index contributed by atoms with van der Waals surface area (Å²) in [6.45, 7) is 1.91. The van der Waals surface area contributed by atoms with Crippen LogP contribution in [0.25, 0.3) is 11.8 Å². The molecule has 0 fully saturated rings.